The van der Waals surface area contributed by atoms with E-state index in [4.69, 9.17) is 9.15 Å². The van der Waals surface area contributed by atoms with E-state index in [-0.39, 0.29) is 24.2 Å². The summed E-state index contributed by atoms with van der Waals surface area (Å²) >= 11 is 0. The SMILES string of the molecule is CCOc1ccc(N2CC(C(=O)N(C)Cc3ccco3)CC2=O)cc1. The topological polar surface area (TPSA) is 63.0 Å². The highest BCUT2D eigenvalue weighted by Crippen LogP contribution is 2.28. The second-order valence-corrected chi connectivity index (χ2v) is 6.11. The normalized spacial score (nSPS) is 17.0. The van der Waals surface area contributed by atoms with Crippen molar-refractivity contribution >= 4 is 17.5 Å². The van der Waals surface area contributed by atoms with Gasteiger partial charge in [0.15, 0.2) is 0 Å². The molecule has 2 heterocycles. The highest BCUT2D eigenvalue weighted by atomic mass is 16.5. The summed E-state index contributed by atoms with van der Waals surface area (Å²) in [4.78, 5) is 28.2. The Kier molecular flexibility index (Phi) is 5.07. The molecule has 0 radical (unpaired) electrons. The van der Waals surface area contributed by atoms with Gasteiger partial charge in [0.05, 0.1) is 25.3 Å². The van der Waals surface area contributed by atoms with Gasteiger partial charge < -0.3 is 19.0 Å². The van der Waals surface area contributed by atoms with Crippen molar-refractivity contribution in [1.82, 2.24) is 4.90 Å². The standard InChI is InChI=1S/C19H22N2O4/c1-3-24-16-8-6-15(7-9-16)21-12-14(11-18(21)22)19(23)20(2)13-17-5-4-10-25-17/h4-10,14H,3,11-13H2,1-2H3. The molecular weight excluding hydrogens is 320 g/mol. The average molecular weight is 342 g/mol. The maximum Gasteiger partial charge on any atom is 0.228 e. The lowest BCUT2D eigenvalue weighted by Gasteiger charge is -2.21. The van der Waals surface area contributed by atoms with Crippen LogP contribution in [0.3, 0.4) is 0 Å². The predicted octanol–water partition coefficient (Wildman–Crippen LogP) is 2.69. The molecule has 1 aromatic carbocycles. The Labute approximate surface area is 147 Å². The number of nitrogens with zero attached hydrogens (tertiary/aromatic N) is 2. The number of anilines is 1. The van der Waals surface area contributed by atoms with Gasteiger partial charge in [-0.15, -0.1) is 0 Å². The zero-order valence-electron chi connectivity index (χ0n) is 14.5. The summed E-state index contributed by atoms with van der Waals surface area (Å²) in [6.07, 6.45) is 1.81. The number of ether oxygens (including phenoxy) is 1. The van der Waals surface area contributed by atoms with E-state index in [1.165, 1.54) is 0 Å². The number of carbonyl (C=O) groups excluding carboxylic acids is 2. The fraction of sp³-hybridized carbons (Fsp3) is 0.368. The highest BCUT2D eigenvalue weighted by Gasteiger charge is 2.36. The molecule has 1 aromatic heterocycles. The molecule has 0 bridgehead atoms. The first-order chi connectivity index (χ1) is 12.1. The predicted molar refractivity (Wildman–Crippen MR) is 93.3 cm³/mol. The first-order valence-electron chi connectivity index (χ1n) is 8.39. The van der Waals surface area contributed by atoms with E-state index >= 15 is 0 Å². The van der Waals surface area contributed by atoms with E-state index in [2.05, 4.69) is 0 Å². The van der Waals surface area contributed by atoms with Crippen LogP contribution in [0.1, 0.15) is 19.1 Å². The van der Waals surface area contributed by atoms with Gasteiger partial charge in [-0.05, 0) is 43.3 Å². The maximum absolute atomic E-state index is 12.6. The van der Waals surface area contributed by atoms with Crippen LogP contribution in [0.15, 0.2) is 47.1 Å². The van der Waals surface area contributed by atoms with E-state index in [9.17, 15) is 9.59 Å². The van der Waals surface area contributed by atoms with E-state index in [0.717, 1.165) is 17.2 Å². The van der Waals surface area contributed by atoms with Gasteiger partial charge in [-0.1, -0.05) is 0 Å². The van der Waals surface area contributed by atoms with Gasteiger partial charge in [0.2, 0.25) is 11.8 Å². The highest BCUT2D eigenvalue weighted by molar-refractivity contribution is 6.00. The minimum absolute atomic E-state index is 0.0334. The van der Waals surface area contributed by atoms with Crippen molar-refractivity contribution in [3.8, 4) is 5.75 Å². The smallest absolute Gasteiger partial charge is 0.228 e. The van der Waals surface area contributed by atoms with Gasteiger partial charge in [-0.3, -0.25) is 9.59 Å². The molecule has 0 saturated carbocycles. The lowest BCUT2D eigenvalue weighted by molar-refractivity contribution is -0.135. The van der Waals surface area contributed by atoms with Crippen LogP contribution in [0.2, 0.25) is 0 Å². The summed E-state index contributed by atoms with van der Waals surface area (Å²) in [6, 6.07) is 11.0. The number of amides is 2. The molecule has 1 fully saturated rings. The largest absolute Gasteiger partial charge is 0.494 e. The Hall–Kier alpha value is -2.76. The molecule has 2 amide bonds. The van der Waals surface area contributed by atoms with Crippen molar-refractivity contribution < 1.29 is 18.7 Å². The van der Waals surface area contributed by atoms with Crippen molar-refractivity contribution in [2.45, 2.75) is 19.9 Å². The zero-order chi connectivity index (χ0) is 17.8. The minimum Gasteiger partial charge on any atom is -0.494 e. The third-order valence-corrected chi connectivity index (χ3v) is 4.28. The van der Waals surface area contributed by atoms with Crippen molar-refractivity contribution in [2.24, 2.45) is 5.92 Å². The molecule has 6 nitrogen and oxygen atoms in total. The van der Waals surface area contributed by atoms with Crippen LogP contribution in [-0.4, -0.2) is 36.9 Å². The Morgan fingerprint density at radius 1 is 1.32 bits per heavy atom. The molecule has 1 aliphatic rings. The van der Waals surface area contributed by atoms with Gasteiger partial charge >= 0.3 is 0 Å². The van der Waals surface area contributed by atoms with Crippen LogP contribution in [0.4, 0.5) is 5.69 Å². The number of benzene rings is 1. The lowest BCUT2D eigenvalue weighted by Crippen LogP contribution is -2.34. The molecule has 0 aliphatic carbocycles. The van der Waals surface area contributed by atoms with Crippen molar-refractivity contribution in [3.05, 3.63) is 48.4 Å². The average Bonchev–Trinajstić information content (AvgIpc) is 3.25. The third-order valence-electron chi connectivity index (χ3n) is 4.28. The Morgan fingerprint density at radius 3 is 2.72 bits per heavy atom. The molecule has 1 unspecified atom stereocenters. The molecule has 1 atom stereocenters. The van der Waals surface area contributed by atoms with E-state index in [1.54, 1.807) is 29.2 Å². The van der Waals surface area contributed by atoms with E-state index in [1.807, 2.05) is 37.3 Å². The summed E-state index contributed by atoms with van der Waals surface area (Å²) in [5.74, 6) is 1.08. The quantitative estimate of drug-likeness (QED) is 0.810. The third kappa shape index (κ3) is 3.84. The summed E-state index contributed by atoms with van der Waals surface area (Å²) in [7, 11) is 1.73. The monoisotopic (exact) mass is 342 g/mol. The van der Waals surface area contributed by atoms with Gasteiger partial charge in [0, 0.05) is 25.7 Å². The molecular formula is C19H22N2O4. The first-order valence-corrected chi connectivity index (χ1v) is 8.39. The lowest BCUT2D eigenvalue weighted by atomic mass is 10.1. The molecule has 132 valence electrons. The van der Waals surface area contributed by atoms with Crippen LogP contribution in [0.5, 0.6) is 5.75 Å². The zero-order valence-corrected chi connectivity index (χ0v) is 14.5. The molecule has 6 heteroatoms. The number of hydrogen-bond donors (Lipinski definition) is 0. The molecule has 0 spiro atoms. The van der Waals surface area contributed by atoms with Gasteiger partial charge in [-0.25, -0.2) is 0 Å². The number of furan rings is 1. The maximum atomic E-state index is 12.6. The van der Waals surface area contributed by atoms with Gasteiger partial charge in [0.25, 0.3) is 0 Å². The van der Waals surface area contributed by atoms with Crippen LogP contribution in [-0.2, 0) is 16.1 Å². The van der Waals surface area contributed by atoms with Crippen LogP contribution >= 0.6 is 0 Å². The minimum atomic E-state index is -0.334. The van der Waals surface area contributed by atoms with Crippen LogP contribution in [0, 0.1) is 5.92 Å². The molecule has 2 aromatic rings. The van der Waals surface area contributed by atoms with Crippen LogP contribution < -0.4 is 9.64 Å². The molecule has 3 rings (SSSR count). The summed E-state index contributed by atoms with van der Waals surface area (Å²) in [6.45, 7) is 3.32. The molecule has 25 heavy (non-hydrogen) atoms. The number of carbonyl (C=O) groups is 2. The summed E-state index contributed by atoms with van der Waals surface area (Å²) in [5.41, 5.74) is 0.789. The summed E-state index contributed by atoms with van der Waals surface area (Å²) in [5, 5.41) is 0. The first kappa shape index (κ1) is 17.1. The molecule has 0 N–H and O–H groups in total. The summed E-state index contributed by atoms with van der Waals surface area (Å²) < 4.78 is 10.7. The Balaban J connectivity index is 1.64. The van der Waals surface area contributed by atoms with E-state index < -0.39 is 0 Å². The van der Waals surface area contributed by atoms with Gasteiger partial charge in [-0.2, -0.15) is 0 Å². The second-order valence-electron chi connectivity index (χ2n) is 6.11. The van der Waals surface area contributed by atoms with Gasteiger partial charge in [0.1, 0.15) is 11.5 Å². The fourth-order valence-electron chi connectivity index (χ4n) is 3.04. The number of rotatable bonds is 6. The molecule has 1 aliphatic heterocycles. The second kappa shape index (κ2) is 7.42. The Bertz CT molecular complexity index is 724. The van der Waals surface area contributed by atoms with E-state index in [0.29, 0.717) is 19.7 Å². The molecule has 1 saturated heterocycles. The van der Waals surface area contributed by atoms with Crippen molar-refractivity contribution in [3.63, 3.8) is 0 Å². The van der Waals surface area contributed by atoms with Crippen LogP contribution in [0.25, 0.3) is 0 Å². The fourth-order valence-corrected chi connectivity index (χ4v) is 3.04. The number of hydrogen-bond acceptors (Lipinski definition) is 4. The van der Waals surface area contributed by atoms with Crippen molar-refractivity contribution in [2.75, 3.05) is 25.1 Å². The Morgan fingerprint density at radius 2 is 2.08 bits per heavy atom. The van der Waals surface area contributed by atoms with Crippen molar-refractivity contribution in [1.29, 1.82) is 0 Å².